The van der Waals surface area contributed by atoms with Gasteiger partial charge in [-0.05, 0) is 30.9 Å². The molecule has 0 heterocycles. The molecule has 1 aromatic rings. The number of hydrogen-bond donors (Lipinski definition) is 2. The molecular formula is C14H15F2NO3. The van der Waals surface area contributed by atoms with Gasteiger partial charge in [-0.25, -0.2) is 13.6 Å². The van der Waals surface area contributed by atoms with Crippen molar-refractivity contribution < 1.29 is 23.5 Å². The van der Waals surface area contributed by atoms with E-state index in [1.54, 1.807) is 18.2 Å². The fourth-order valence-corrected chi connectivity index (χ4v) is 2.12. The van der Waals surface area contributed by atoms with Crippen molar-refractivity contribution in [1.82, 2.24) is 5.32 Å². The van der Waals surface area contributed by atoms with E-state index in [9.17, 15) is 18.4 Å². The Morgan fingerprint density at radius 3 is 2.50 bits per heavy atom. The highest BCUT2D eigenvalue weighted by molar-refractivity contribution is 5.89. The summed E-state index contributed by atoms with van der Waals surface area (Å²) in [6.07, 6.45) is 1.29. The maximum atomic E-state index is 13.6. The van der Waals surface area contributed by atoms with Crippen molar-refractivity contribution in [2.45, 2.75) is 25.3 Å². The zero-order chi connectivity index (χ0) is 14.8. The van der Waals surface area contributed by atoms with E-state index in [0.29, 0.717) is 18.4 Å². The average Bonchev–Trinajstić information content (AvgIpc) is 3.19. The number of carboxylic acids is 1. The molecule has 2 rings (SSSR count). The minimum atomic E-state index is -1.54. The van der Waals surface area contributed by atoms with Crippen LogP contribution in [-0.2, 0) is 16.0 Å². The Bertz CT molecular complexity index is 529. The summed E-state index contributed by atoms with van der Waals surface area (Å²) < 4.78 is 26.1. The number of amides is 1. The first-order valence-electron chi connectivity index (χ1n) is 6.32. The number of carboxylic acid groups (broad SMARTS) is 1. The number of rotatable bonds is 6. The summed E-state index contributed by atoms with van der Waals surface area (Å²) in [5, 5.41) is 10.9. The van der Waals surface area contributed by atoms with Gasteiger partial charge in [0.2, 0.25) is 5.91 Å². The molecule has 0 saturated heterocycles. The van der Waals surface area contributed by atoms with Gasteiger partial charge in [0.15, 0.2) is 6.04 Å². The molecule has 1 aliphatic rings. The van der Waals surface area contributed by atoms with Crippen molar-refractivity contribution in [1.29, 1.82) is 0 Å². The highest BCUT2D eigenvalue weighted by Crippen LogP contribution is 2.49. The van der Waals surface area contributed by atoms with E-state index in [1.807, 2.05) is 0 Å². The van der Waals surface area contributed by atoms with Gasteiger partial charge in [0.05, 0.1) is 5.41 Å². The van der Waals surface area contributed by atoms with E-state index in [0.717, 1.165) is 0 Å². The maximum Gasteiger partial charge on any atom is 0.328 e. The van der Waals surface area contributed by atoms with Crippen LogP contribution in [0.3, 0.4) is 0 Å². The van der Waals surface area contributed by atoms with E-state index >= 15 is 0 Å². The van der Waals surface area contributed by atoms with Crippen LogP contribution in [0.1, 0.15) is 18.4 Å². The Morgan fingerprint density at radius 1 is 1.35 bits per heavy atom. The molecule has 0 aliphatic heterocycles. The van der Waals surface area contributed by atoms with Crippen LogP contribution in [0.4, 0.5) is 8.78 Å². The standard InChI is InChI=1S/C14H15F2NO3/c15-8-11(12(18)19)17-13(20)14(5-6-14)7-9-3-1-2-4-10(9)16/h1-4,11H,5-8H2,(H,17,20)(H,18,19). The minimum Gasteiger partial charge on any atom is -0.480 e. The monoisotopic (exact) mass is 283 g/mol. The van der Waals surface area contributed by atoms with Gasteiger partial charge in [0, 0.05) is 0 Å². The number of hydrogen-bond acceptors (Lipinski definition) is 2. The average molecular weight is 283 g/mol. The Balaban J connectivity index is 2.06. The second-order valence-corrected chi connectivity index (χ2v) is 5.07. The van der Waals surface area contributed by atoms with E-state index in [1.165, 1.54) is 6.07 Å². The maximum absolute atomic E-state index is 13.6. The number of carbonyl (C=O) groups excluding carboxylic acids is 1. The van der Waals surface area contributed by atoms with Crippen LogP contribution in [0.25, 0.3) is 0 Å². The van der Waals surface area contributed by atoms with E-state index < -0.39 is 35.8 Å². The molecule has 1 aliphatic carbocycles. The summed E-state index contributed by atoms with van der Waals surface area (Å²) in [7, 11) is 0. The lowest BCUT2D eigenvalue weighted by atomic mass is 9.95. The van der Waals surface area contributed by atoms with Crippen molar-refractivity contribution >= 4 is 11.9 Å². The normalized spacial score (nSPS) is 17.3. The summed E-state index contributed by atoms with van der Waals surface area (Å²) in [4.78, 5) is 22.8. The van der Waals surface area contributed by atoms with Gasteiger partial charge in [-0.2, -0.15) is 0 Å². The summed E-state index contributed by atoms with van der Waals surface area (Å²) in [5.74, 6) is -2.33. The minimum absolute atomic E-state index is 0.199. The zero-order valence-electron chi connectivity index (χ0n) is 10.7. The highest BCUT2D eigenvalue weighted by atomic mass is 19.1. The van der Waals surface area contributed by atoms with E-state index in [4.69, 9.17) is 5.11 Å². The fraction of sp³-hybridized carbons (Fsp3) is 0.429. The van der Waals surface area contributed by atoms with Crippen molar-refractivity contribution in [3.8, 4) is 0 Å². The smallest absolute Gasteiger partial charge is 0.328 e. The van der Waals surface area contributed by atoms with Crippen LogP contribution in [0.15, 0.2) is 24.3 Å². The van der Waals surface area contributed by atoms with Crippen LogP contribution in [0.2, 0.25) is 0 Å². The summed E-state index contributed by atoms with van der Waals surface area (Å²) >= 11 is 0. The number of carbonyl (C=O) groups is 2. The Labute approximate surface area is 114 Å². The molecule has 1 atom stereocenters. The highest BCUT2D eigenvalue weighted by Gasteiger charge is 2.50. The van der Waals surface area contributed by atoms with Crippen LogP contribution in [0.5, 0.6) is 0 Å². The number of nitrogens with one attached hydrogen (secondary N) is 1. The van der Waals surface area contributed by atoms with Crippen molar-refractivity contribution in [3.05, 3.63) is 35.6 Å². The molecule has 1 amide bonds. The van der Waals surface area contributed by atoms with Crippen LogP contribution in [0, 0.1) is 11.2 Å². The third-order valence-corrected chi connectivity index (χ3v) is 3.58. The number of halogens is 2. The zero-order valence-corrected chi connectivity index (χ0v) is 10.7. The lowest BCUT2D eigenvalue weighted by Gasteiger charge is -2.18. The third-order valence-electron chi connectivity index (χ3n) is 3.58. The Hall–Kier alpha value is -1.98. The number of aliphatic carboxylic acids is 1. The topological polar surface area (TPSA) is 66.4 Å². The first kappa shape index (κ1) is 14.4. The van der Waals surface area contributed by atoms with E-state index in [-0.39, 0.29) is 6.42 Å². The first-order chi connectivity index (χ1) is 9.48. The van der Waals surface area contributed by atoms with Gasteiger partial charge in [-0.1, -0.05) is 18.2 Å². The molecule has 0 spiro atoms. The molecular weight excluding hydrogens is 268 g/mol. The van der Waals surface area contributed by atoms with Gasteiger partial charge in [-0.15, -0.1) is 0 Å². The molecule has 1 aromatic carbocycles. The van der Waals surface area contributed by atoms with Gasteiger partial charge < -0.3 is 10.4 Å². The molecule has 1 saturated carbocycles. The Kier molecular flexibility index (Phi) is 4.01. The summed E-state index contributed by atoms with van der Waals surface area (Å²) in [6, 6.07) is 4.59. The number of benzene rings is 1. The molecule has 0 radical (unpaired) electrons. The quantitative estimate of drug-likeness (QED) is 0.835. The first-order valence-corrected chi connectivity index (χ1v) is 6.32. The molecule has 2 N–H and O–H groups in total. The predicted octanol–water partition coefficient (Wildman–Crippen LogP) is 1.69. The second kappa shape index (κ2) is 5.56. The van der Waals surface area contributed by atoms with Crippen molar-refractivity contribution in [2.75, 3.05) is 6.67 Å². The Morgan fingerprint density at radius 2 is 2.00 bits per heavy atom. The fourth-order valence-electron chi connectivity index (χ4n) is 2.12. The lowest BCUT2D eigenvalue weighted by Crippen LogP contribution is -2.46. The summed E-state index contributed by atoms with van der Waals surface area (Å²) in [5.41, 5.74) is -0.391. The van der Waals surface area contributed by atoms with Crippen LogP contribution < -0.4 is 5.32 Å². The van der Waals surface area contributed by atoms with Crippen LogP contribution in [-0.4, -0.2) is 29.7 Å². The third kappa shape index (κ3) is 2.95. The molecule has 108 valence electrons. The lowest BCUT2D eigenvalue weighted by molar-refractivity contribution is -0.143. The summed E-state index contributed by atoms with van der Waals surface area (Å²) in [6.45, 7) is -1.17. The van der Waals surface area contributed by atoms with Crippen molar-refractivity contribution in [3.63, 3.8) is 0 Å². The van der Waals surface area contributed by atoms with Gasteiger partial charge >= 0.3 is 5.97 Å². The van der Waals surface area contributed by atoms with Gasteiger partial charge in [-0.3, -0.25) is 4.79 Å². The second-order valence-electron chi connectivity index (χ2n) is 5.07. The van der Waals surface area contributed by atoms with Gasteiger partial charge in [0.25, 0.3) is 0 Å². The molecule has 20 heavy (non-hydrogen) atoms. The van der Waals surface area contributed by atoms with E-state index in [2.05, 4.69) is 5.32 Å². The van der Waals surface area contributed by atoms with Crippen LogP contribution >= 0.6 is 0 Å². The molecule has 6 heteroatoms. The number of alkyl halides is 1. The predicted molar refractivity (Wildman–Crippen MR) is 67.3 cm³/mol. The van der Waals surface area contributed by atoms with Crippen molar-refractivity contribution in [2.24, 2.45) is 5.41 Å². The molecule has 0 aromatic heterocycles. The largest absolute Gasteiger partial charge is 0.480 e. The molecule has 1 unspecified atom stereocenters. The van der Waals surface area contributed by atoms with Gasteiger partial charge in [0.1, 0.15) is 12.5 Å². The molecule has 4 nitrogen and oxygen atoms in total. The SMILES string of the molecule is O=C(O)C(CF)NC(=O)C1(Cc2ccccc2F)CC1. The molecule has 0 bridgehead atoms. The molecule has 1 fully saturated rings.